The highest BCUT2D eigenvalue weighted by Crippen LogP contribution is 2.18. The molecule has 0 aliphatic heterocycles. The SMILES string of the molecule is CCCC/C=C\CCCCCCCC(=O)OCC(COC(=O)CCCCCCCCCCCCC/C=C\C/C=C\CCCCCCC)OC(=O)CCCCCCCCCCCCCCCCCCCCCCC. The van der Waals surface area contributed by atoms with Gasteiger partial charge in [0.25, 0.3) is 0 Å². The minimum absolute atomic E-state index is 0.0717. The zero-order valence-electron chi connectivity index (χ0n) is 49.2. The lowest BCUT2D eigenvalue weighted by Crippen LogP contribution is -2.30. The molecule has 428 valence electrons. The highest BCUT2D eigenvalue weighted by atomic mass is 16.6. The lowest BCUT2D eigenvalue weighted by atomic mass is 10.0. The number of hydrogen-bond donors (Lipinski definition) is 0. The summed E-state index contributed by atoms with van der Waals surface area (Å²) in [7, 11) is 0. The fourth-order valence-electron chi connectivity index (χ4n) is 9.69. The zero-order chi connectivity index (χ0) is 52.9. The van der Waals surface area contributed by atoms with Gasteiger partial charge in [-0.1, -0.05) is 301 Å². The summed E-state index contributed by atoms with van der Waals surface area (Å²) in [6, 6.07) is 0. The van der Waals surface area contributed by atoms with Gasteiger partial charge in [-0.15, -0.1) is 0 Å². The molecule has 0 saturated carbocycles. The lowest BCUT2D eigenvalue weighted by Gasteiger charge is -2.18. The van der Waals surface area contributed by atoms with Crippen LogP contribution in [0.4, 0.5) is 0 Å². The number of unbranched alkanes of at least 4 members (excludes halogenated alkanes) is 43. The Morgan fingerprint density at radius 3 is 0.808 bits per heavy atom. The van der Waals surface area contributed by atoms with Gasteiger partial charge < -0.3 is 14.2 Å². The first-order chi connectivity index (χ1) is 36.0. The number of carbonyl (C=O) groups excluding carboxylic acids is 3. The summed E-state index contributed by atoms with van der Waals surface area (Å²) in [6.45, 7) is 6.64. The predicted molar refractivity (Wildman–Crippen MR) is 316 cm³/mol. The molecule has 0 saturated heterocycles. The minimum Gasteiger partial charge on any atom is -0.462 e. The summed E-state index contributed by atoms with van der Waals surface area (Å²) in [4.78, 5) is 38.3. The highest BCUT2D eigenvalue weighted by Gasteiger charge is 2.19. The number of ether oxygens (including phenoxy) is 3. The monoisotopic (exact) mass is 1020 g/mol. The topological polar surface area (TPSA) is 78.9 Å². The van der Waals surface area contributed by atoms with Crippen LogP contribution in [0, 0.1) is 0 Å². The maximum atomic E-state index is 12.9. The molecule has 0 bridgehead atoms. The summed E-state index contributed by atoms with van der Waals surface area (Å²) in [5, 5.41) is 0. The van der Waals surface area contributed by atoms with Crippen molar-refractivity contribution in [3.05, 3.63) is 36.5 Å². The molecule has 73 heavy (non-hydrogen) atoms. The Bertz CT molecular complexity index is 1220. The van der Waals surface area contributed by atoms with Gasteiger partial charge in [-0.3, -0.25) is 14.4 Å². The molecule has 0 fully saturated rings. The minimum atomic E-state index is -0.774. The van der Waals surface area contributed by atoms with Crippen LogP contribution >= 0.6 is 0 Å². The van der Waals surface area contributed by atoms with Gasteiger partial charge in [-0.25, -0.2) is 0 Å². The molecule has 0 amide bonds. The van der Waals surface area contributed by atoms with Crippen molar-refractivity contribution >= 4 is 17.9 Å². The molecule has 0 aliphatic rings. The van der Waals surface area contributed by atoms with Crippen molar-refractivity contribution in [1.82, 2.24) is 0 Å². The third-order valence-electron chi connectivity index (χ3n) is 14.6. The van der Waals surface area contributed by atoms with E-state index in [1.54, 1.807) is 0 Å². The molecular weight excluding hydrogens is 901 g/mol. The number of hydrogen-bond acceptors (Lipinski definition) is 6. The Balaban J connectivity index is 4.23. The molecule has 1 unspecified atom stereocenters. The molecule has 0 aromatic heterocycles. The van der Waals surface area contributed by atoms with Crippen molar-refractivity contribution < 1.29 is 28.6 Å². The number of rotatable bonds is 60. The van der Waals surface area contributed by atoms with Crippen LogP contribution in [0.15, 0.2) is 36.5 Å². The first-order valence-corrected chi connectivity index (χ1v) is 32.5. The van der Waals surface area contributed by atoms with E-state index in [1.165, 1.54) is 244 Å². The second kappa shape index (κ2) is 62.2. The van der Waals surface area contributed by atoms with E-state index in [1.807, 2.05) is 0 Å². The number of allylic oxidation sites excluding steroid dienone is 6. The smallest absolute Gasteiger partial charge is 0.306 e. The average molecular weight is 1030 g/mol. The molecule has 6 nitrogen and oxygen atoms in total. The van der Waals surface area contributed by atoms with E-state index in [2.05, 4.69) is 57.2 Å². The molecule has 0 rings (SSSR count). The van der Waals surface area contributed by atoms with Crippen molar-refractivity contribution in [1.29, 1.82) is 0 Å². The van der Waals surface area contributed by atoms with Gasteiger partial charge in [-0.05, 0) is 70.6 Å². The van der Waals surface area contributed by atoms with Crippen molar-refractivity contribution in [3.63, 3.8) is 0 Å². The third-order valence-corrected chi connectivity index (χ3v) is 14.6. The molecule has 0 aromatic carbocycles. The van der Waals surface area contributed by atoms with Crippen LogP contribution in [0.3, 0.4) is 0 Å². The van der Waals surface area contributed by atoms with Crippen LogP contribution in [-0.2, 0) is 28.6 Å². The first kappa shape index (κ1) is 70.6. The van der Waals surface area contributed by atoms with Gasteiger partial charge in [0.05, 0.1) is 0 Å². The average Bonchev–Trinajstić information content (AvgIpc) is 3.39. The van der Waals surface area contributed by atoms with Gasteiger partial charge in [0, 0.05) is 19.3 Å². The summed E-state index contributed by atoms with van der Waals surface area (Å²) < 4.78 is 16.9. The van der Waals surface area contributed by atoms with Gasteiger partial charge >= 0.3 is 17.9 Å². The van der Waals surface area contributed by atoms with Crippen LogP contribution in [-0.4, -0.2) is 37.2 Å². The quantitative estimate of drug-likeness (QED) is 0.0261. The number of carbonyl (C=O) groups is 3. The summed E-state index contributed by atoms with van der Waals surface area (Å²) in [5.41, 5.74) is 0. The number of esters is 3. The maximum Gasteiger partial charge on any atom is 0.306 e. The largest absolute Gasteiger partial charge is 0.462 e. The van der Waals surface area contributed by atoms with Gasteiger partial charge in [0.2, 0.25) is 0 Å². The van der Waals surface area contributed by atoms with Gasteiger partial charge in [0.15, 0.2) is 6.10 Å². The normalized spacial score (nSPS) is 12.2. The van der Waals surface area contributed by atoms with Crippen molar-refractivity contribution in [2.75, 3.05) is 13.2 Å². The van der Waals surface area contributed by atoms with E-state index in [-0.39, 0.29) is 31.1 Å². The van der Waals surface area contributed by atoms with Gasteiger partial charge in [-0.2, -0.15) is 0 Å². The molecule has 0 N–H and O–H groups in total. The Morgan fingerprint density at radius 2 is 0.507 bits per heavy atom. The standard InChI is InChI=1S/C67H124O6/c1-4-7-10-13-16-19-22-24-26-28-30-32-33-35-36-38-40-42-45-48-51-54-57-60-66(69)72-63-64(62-71-65(68)59-56-53-50-47-44-21-18-15-12-9-6-3)73-67(70)61-58-55-52-49-46-43-41-39-37-34-31-29-27-25-23-20-17-14-11-8-5-2/h15,18,22,24,28,30,64H,4-14,16-17,19-21,23,25-27,29,31-63H2,1-3H3/b18-15-,24-22-,30-28-. The maximum absolute atomic E-state index is 12.9. The molecule has 0 aromatic rings. The van der Waals surface area contributed by atoms with E-state index in [4.69, 9.17) is 14.2 Å². The molecule has 0 spiro atoms. The molecule has 0 aliphatic carbocycles. The third kappa shape index (κ3) is 60.4. The molecule has 6 heteroatoms. The predicted octanol–water partition coefficient (Wildman–Crippen LogP) is 22.0. The Hall–Kier alpha value is -2.37. The van der Waals surface area contributed by atoms with Crippen molar-refractivity contribution in [2.24, 2.45) is 0 Å². The van der Waals surface area contributed by atoms with Gasteiger partial charge in [0.1, 0.15) is 13.2 Å². The van der Waals surface area contributed by atoms with E-state index < -0.39 is 6.10 Å². The lowest BCUT2D eigenvalue weighted by molar-refractivity contribution is -0.167. The second-order valence-corrected chi connectivity index (χ2v) is 22.0. The van der Waals surface area contributed by atoms with Crippen molar-refractivity contribution in [3.8, 4) is 0 Å². The van der Waals surface area contributed by atoms with Crippen LogP contribution in [0.5, 0.6) is 0 Å². The van der Waals surface area contributed by atoms with Crippen LogP contribution in [0.2, 0.25) is 0 Å². The highest BCUT2D eigenvalue weighted by molar-refractivity contribution is 5.71. The first-order valence-electron chi connectivity index (χ1n) is 32.5. The van der Waals surface area contributed by atoms with E-state index in [0.29, 0.717) is 19.3 Å². The zero-order valence-corrected chi connectivity index (χ0v) is 49.2. The molecule has 0 heterocycles. The van der Waals surface area contributed by atoms with Crippen molar-refractivity contribution in [2.45, 2.75) is 361 Å². The molecule has 0 radical (unpaired) electrons. The Labute approximate surface area is 455 Å². The van der Waals surface area contributed by atoms with E-state index in [0.717, 1.165) is 70.6 Å². The fraction of sp³-hybridized carbons (Fsp3) is 0.866. The van der Waals surface area contributed by atoms with Crippen LogP contribution in [0.1, 0.15) is 355 Å². The van der Waals surface area contributed by atoms with E-state index in [9.17, 15) is 14.4 Å². The Kier molecular flexibility index (Phi) is 60.2. The molecule has 1 atom stereocenters. The van der Waals surface area contributed by atoms with Crippen LogP contribution < -0.4 is 0 Å². The second-order valence-electron chi connectivity index (χ2n) is 22.0. The van der Waals surface area contributed by atoms with E-state index >= 15 is 0 Å². The Morgan fingerprint density at radius 1 is 0.274 bits per heavy atom. The summed E-state index contributed by atoms with van der Waals surface area (Å²) in [6.07, 6.45) is 75.9. The summed E-state index contributed by atoms with van der Waals surface area (Å²) >= 11 is 0. The summed E-state index contributed by atoms with van der Waals surface area (Å²) in [5.74, 6) is -0.860. The van der Waals surface area contributed by atoms with Crippen LogP contribution in [0.25, 0.3) is 0 Å². The fourth-order valence-corrected chi connectivity index (χ4v) is 9.69. The molecular formula is C67H124O6.